The largest absolute Gasteiger partial charge is 0.388 e. The molecule has 0 aromatic heterocycles. The Morgan fingerprint density at radius 3 is 1.71 bits per heavy atom. The minimum absolute atomic E-state index is 0.0104. The van der Waals surface area contributed by atoms with Crippen molar-refractivity contribution in [2.75, 3.05) is 0 Å². The molecule has 0 aliphatic heterocycles. The Morgan fingerprint density at radius 1 is 1.29 bits per heavy atom. The number of rotatable bonds is 1. The molecule has 0 saturated carbocycles. The first-order valence-corrected chi connectivity index (χ1v) is 2.48. The van der Waals surface area contributed by atoms with E-state index in [0.717, 1.165) is 0 Å². The van der Waals surface area contributed by atoms with Crippen LogP contribution in [0.15, 0.2) is 0 Å². The topological polar surface area (TPSA) is 0 Å². The summed E-state index contributed by atoms with van der Waals surface area (Å²) >= 11 is 0. The summed E-state index contributed by atoms with van der Waals surface area (Å²) in [7, 11) is 2.71. The van der Waals surface area contributed by atoms with Gasteiger partial charge in [0.05, 0.1) is 0 Å². The summed E-state index contributed by atoms with van der Waals surface area (Å²) < 4.78 is 33.1. The third-order valence-corrected chi connectivity index (χ3v) is 0.658. The summed E-state index contributed by atoms with van der Waals surface area (Å²) in [6, 6.07) is -0.0104. The summed E-state index contributed by atoms with van der Waals surface area (Å²) in [5.74, 6) is 0. The van der Waals surface area contributed by atoms with Crippen LogP contribution in [0, 0.1) is 0 Å². The first-order valence-electron chi connectivity index (χ1n) is 1.77. The highest BCUT2D eigenvalue weighted by molar-refractivity contribution is 6.08. The Balaban J connectivity index is 3.15. The maximum absolute atomic E-state index is 11.0. The van der Waals surface area contributed by atoms with Gasteiger partial charge in [-0.1, -0.05) is 6.04 Å². The van der Waals surface area contributed by atoms with Gasteiger partial charge in [-0.2, -0.15) is 13.2 Å². The highest BCUT2D eigenvalue weighted by atomic mass is 28.1. The van der Waals surface area contributed by atoms with Crippen LogP contribution >= 0.6 is 0 Å². The van der Waals surface area contributed by atoms with E-state index in [-0.39, 0.29) is 6.04 Å². The zero-order chi connectivity index (χ0) is 5.91. The molecule has 0 saturated heterocycles. The van der Waals surface area contributed by atoms with E-state index in [1.807, 2.05) is 0 Å². The van der Waals surface area contributed by atoms with Gasteiger partial charge in [0, 0.05) is 16.7 Å². The smallest absolute Gasteiger partial charge is 0.171 e. The number of hydrogen-bond donors (Lipinski definition) is 0. The van der Waals surface area contributed by atoms with Crippen molar-refractivity contribution in [2.45, 2.75) is 18.6 Å². The van der Waals surface area contributed by atoms with Crippen molar-refractivity contribution < 1.29 is 13.2 Å². The minimum Gasteiger partial charge on any atom is -0.171 e. The molecule has 0 aromatic rings. The molecule has 0 fully saturated rings. The van der Waals surface area contributed by atoms with E-state index in [0.29, 0.717) is 0 Å². The van der Waals surface area contributed by atoms with Crippen LogP contribution in [0.3, 0.4) is 0 Å². The summed E-state index contributed by atoms with van der Waals surface area (Å²) in [6.45, 7) is 0. The lowest BCUT2D eigenvalue weighted by molar-refractivity contribution is -0.130. The van der Waals surface area contributed by atoms with Crippen LogP contribution in [0.2, 0.25) is 6.04 Å². The molecule has 0 nitrogen and oxygen atoms in total. The van der Waals surface area contributed by atoms with Gasteiger partial charge in [-0.3, -0.25) is 0 Å². The monoisotopic (exact) mass is 125 g/mol. The molecule has 0 N–H and O–H groups in total. The third kappa shape index (κ3) is 6.01. The molecule has 0 rings (SSSR count). The quantitative estimate of drug-likeness (QED) is 0.466. The van der Waals surface area contributed by atoms with E-state index in [1.165, 1.54) is 0 Å². The molecule has 3 radical (unpaired) electrons. The molecule has 0 spiro atoms. The van der Waals surface area contributed by atoms with Crippen LogP contribution in [0.1, 0.15) is 6.42 Å². The van der Waals surface area contributed by atoms with Crippen LogP contribution in [0.5, 0.6) is 0 Å². The highest BCUT2D eigenvalue weighted by Crippen LogP contribution is 2.20. The number of alkyl halides is 3. The normalized spacial score (nSPS) is 12.0. The molecule has 4 heteroatoms. The fourth-order valence-electron chi connectivity index (χ4n) is 0.142. The van der Waals surface area contributed by atoms with Crippen LogP contribution in [-0.2, 0) is 0 Å². The maximum Gasteiger partial charge on any atom is 0.388 e. The molecule has 0 aliphatic rings. The van der Waals surface area contributed by atoms with Gasteiger partial charge in [0.1, 0.15) is 0 Å². The zero-order valence-corrected chi connectivity index (χ0v) is 4.55. The van der Waals surface area contributed by atoms with Crippen LogP contribution in [0.4, 0.5) is 13.2 Å². The Kier molecular flexibility index (Phi) is 2.35. The predicted octanol–water partition coefficient (Wildman–Crippen LogP) is 1.53. The van der Waals surface area contributed by atoms with Gasteiger partial charge in [0.2, 0.25) is 0 Å². The summed E-state index contributed by atoms with van der Waals surface area (Å²) in [5, 5.41) is 0. The van der Waals surface area contributed by atoms with Crippen molar-refractivity contribution in [3.8, 4) is 0 Å². The Labute approximate surface area is 43.1 Å². The molecule has 0 unspecified atom stereocenters. The van der Waals surface area contributed by atoms with Crippen molar-refractivity contribution in [1.82, 2.24) is 0 Å². The van der Waals surface area contributed by atoms with Crippen molar-refractivity contribution in [3.05, 3.63) is 0 Å². The lowest BCUT2D eigenvalue weighted by atomic mass is 10.5. The minimum atomic E-state index is -4.00. The number of hydrogen-bond acceptors (Lipinski definition) is 0. The fraction of sp³-hybridized carbons (Fsp3) is 1.00. The molecule has 0 heterocycles. The van der Waals surface area contributed by atoms with E-state index in [1.54, 1.807) is 0 Å². The van der Waals surface area contributed by atoms with Gasteiger partial charge >= 0.3 is 6.18 Å². The van der Waals surface area contributed by atoms with Crippen molar-refractivity contribution in [2.24, 2.45) is 0 Å². The standard InChI is InChI=1S/C3H4F3Si/c4-3(5,6)1-2-7/h1-2H2. The second-order valence-electron chi connectivity index (χ2n) is 1.12. The van der Waals surface area contributed by atoms with E-state index < -0.39 is 12.6 Å². The fourth-order valence-corrected chi connectivity index (χ4v) is 0.425. The molecular formula is C3H4F3Si. The predicted molar refractivity (Wildman–Crippen MR) is 21.2 cm³/mol. The van der Waals surface area contributed by atoms with Gasteiger partial charge in [-0.15, -0.1) is 0 Å². The van der Waals surface area contributed by atoms with Crippen LogP contribution in [0.25, 0.3) is 0 Å². The molecule has 0 aliphatic carbocycles. The van der Waals surface area contributed by atoms with Gasteiger partial charge in [0.25, 0.3) is 0 Å². The summed E-state index contributed by atoms with van der Waals surface area (Å²) in [4.78, 5) is 0. The Hall–Kier alpha value is 0.00688. The molecular weight excluding hydrogens is 121 g/mol. The van der Waals surface area contributed by atoms with E-state index in [9.17, 15) is 13.2 Å². The first kappa shape index (κ1) is 7.01. The van der Waals surface area contributed by atoms with Crippen LogP contribution < -0.4 is 0 Å². The molecule has 0 bridgehead atoms. The second-order valence-corrected chi connectivity index (χ2v) is 1.62. The molecule has 0 aromatic carbocycles. The zero-order valence-electron chi connectivity index (χ0n) is 3.55. The molecule has 41 valence electrons. The third-order valence-electron chi connectivity index (χ3n) is 0.408. The van der Waals surface area contributed by atoms with Gasteiger partial charge in [-0.25, -0.2) is 0 Å². The first-order chi connectivity index (χ1) is 3.06. The maximum atomic E-state index is 11.0. The van der Waals surface area contributed by atoms with Gasteiger partial charge in [0.15, 0.2) is 0 Å². The lowest BCUT2D eigenvalue weighted by Crippen LogP contribution is -2.05. The lowest BCUT2D eigenvalue weighted by Gasteiger charge is -2.00. The summed E-state index contributed by atoms with van der Waals surface area (Å²) in [5.41, 5.74) is 0. The second kappa shape index (κ2) is 2.35. The SMILES string of the molecule is FC(F)(F)CC[Si]. The van der Waals surface area contributed by atoms with Gasteiger partial charge in [-0.05, 0) is 0 Å². The van der Waals surface area contributed by atoms with Gasteiger partial charge < -0.3 is 0 Å². The average molecular weight is 125 g/mol. The van der Waals surface area contributed by atoms with Crippen molar-refractivity contribution in [3.63, 3.8) is 0 Å². The van der Waals surface area contributed by atoms with E-state index >= 15 is 0 Å². The number of halogens is 3. The molecule has 7 heavy (non-hydrogen) atoms. The van der Waals surface area contributed by atoms with E-state index in [2.05, 4.69) is 10.2 Å². The highest BCUT2D eigenvalue weighted by Gasteiger charge is 2.24. The summed E-state index contributed by atoms with van der Waals surface area (Å²) in [6.07, 6.45) is -4.74. The molecule has 0 atom stereocenters. The average Bonchev–Trinajstić information content (AvgIpc) is 1.30. The van der Waals surface area contributed by atoms with Crippen molar-refractivity contribution >= 4 is 10.2 Å². The Bertz CT molecular complexity index is 48.6. The van der Waals surface area contributed by atoms with E-state index in [4.69, 9.17) is 0 Å². The Morgan fingerprint density at radius 2 is 1.71 bits per heavy atom. The van der Waals surface area contributed by atoms with Crippen LogP contribution in [-0.4, -0.2) is 16.4 Å². The molecule has 0 amide bonds. The van der Waals surface area contributed by atoms with Crippen molar-refractivity contribution in [1.29, 1.82) is 0 Å².